The van der Waals surface area contributed by atoms with Crippen molar-refractivity contribution in [3.05, 3.63) is 34.9 Å². The van der Waals surface area contributed by atoms with E-state index in [0.717, 1.165) is 39.1 Å². The van der Waals surface area contributed by atoms with Gasteiger partial charge < -0.3 is 19.5 Å². The number of aryl methyl sites for hydroxylation is 2. The lowest BCUT2D eigenvalue weighted by atomic mass is 9.79. The lowest BCUT2D eigenvalue weighted by molar-refractivity contribution is -0.192. The van der Waals surface area contributed by atoms with Crippen molar-refractivity contribution < 1.29 is 37.3 Å². The van der Waals surface area contributed by atoms with Gasteiger partial charge in [0.1, 0.15) is 6.61 Å². The molecule has 7 nitrogen and oxygen atoms in total. The van der Waals surface area contributed by atoms with E-state index in [1.54, 1.807) is 19.0 Å². The molecule has 0 saturated carbocycles. The van der Waals surface area contributed by atoms with Crippen molar-refractivity contribution in [3.8, 4) is 0 Å². The number of carbonyl (C=O) groups excluding carboxylic acids is 1. The van der Waals surface area contributed by atoms with E-state index in [4.69, 9.17) is 19.4 Å². The van der Waals surface area contributed by atoms with Crippen LogP contribution in [0.5, 0.6) is 0 Å². The van der Waals surface area contributed by atoms with Crippen molar-refractivity contribution in [1.29, 1.82) is 0 Å². The molecule has 1 aromatic carbocycles. The molecule has 33 heavy (non-hydrogen) atoms. The van der Waals surface area contributed by atoms with E-state index < -0.39 is 12.1 Å². The smallest absolute Gasteiger partial charge is 0.475 e. The highest BCUT2D eigenvalue weighted by atomic mass is 19.4. The summed E-state index contributed by atoms with van der Waals surface area (Å²) in [5.74, 6) is -2.20. The Bertz CT molecular complexity index is 823. The summed E-state index contributed by atoms with van der Waals surface area (Å²) in [6.07, 6.45) is -3.01. The number of ether oxygens (including phenoxy) is 2. The van der Waals surface area contributed by atoms with Gasteiger partial charge in [-0.25, -0.2) is 4.79 Å². The molecule has 1 unspecified atom stereocenters. The van der Waals surface area contributed by atoms with E-state index >= 15 is 0 Å². The maximum Gasteiger partial charge on any atom is 0.490 e. The minimum Gasteiger partial charge on any atom is -0.475 e. The normalized spacial score (nSPS) is 19.5. The Labute approximate surface area is 192 Å². The number of hydrogen-bond donors (Lipinski definition) is 1. The number of hydrogen-bond acceptors (Lipinski definition) is 5. The predicted molar refractivity (Wildman–Crippen MR) is 116 cm³/mol. The van der Waals surface area contributed by atoms with E-state index in [9.17, 15) is 18.0 Å². The van der Waals surface area contributed by atoms with Crippen LogP contribution in [-0.4, -0.2) is 85.6 Å². The Morgan fingerprint density at radius 1 is 1.27 bits per heavy atom. The number of amides is 1. The molecule has 1 aromatic rings. The number of halogens is 3. The second kappa shape index (κ2) is 11.3. The Kier molecular flexibility index (Phi) is 9.28. The topological polar surface area (TPSA) is 79.3 Å². The summed E-state index contributed by atoms with van der Waals surface area (Å²) in [6.45, 7) is 8.99. The third kappa shape index (κ3) is 7.68. The number of carbonyl (C=O) groups is 2. The highest BCUT2D eigenvalue weighted by Gasteiger charge is 2.52. The van der Waals surface area contributed by atoms with E-state index in [-0.39, 0.29) is 18.1 Å². The molecule has 0 aliphatic carbocycles. The van der Waals surface area contributed by atoms with E-state index in [1.807, 2.05) is 0 Å². The van der Waals surface area contributed by atoms with Crippen LogP contribution in [0, 0.1) is 19.8 Å². The molecule has 10 heteroatoms. The SMILES string of the molecule is Cc1ccc(C)c(CN2CC3(C2)OCCC3CCOCC(=O)N(C)C)c1.O=C(O)C(F)(F)F. The molecule has 1 N–H and O–H groups in total. The van der Waals surface area contributed by atoms with Crippen LogP contribution in [0.2, 0.25) is 0 Å². The van der Waals surface area contributed by atoms with Crippen molar-refractivity contribution in [2.45, 2.75) is 45.0 Å². The molecule has 1 atom stereocenters. The highest BCUT2D eigenvalue weighted by molar-refractivity contribution is 5.76. The molecule has 0 bridgehead atoms. The van der Waals surface area contributed by atoms with E-state index in [0.29, 0.717) is 12.5 Å². The lowest BCUT2D eigenvalue weighted by Crippen LogP contribution is -2.64. The first-order chi connectivity index (χ1) is 15.3. The van der Waals surface area contributed by atoms with Gasteiger partial charge in [-0.05, 0) is 43.7 Å². The number of likely N-dealkylation sites (tertiary alicyclic amines) is 1. The van der Waals surface area contributed by atoms with Crippen molar-refractivity contribution in [3.63, 3.8) is 0 Å². The van der Waals surface area contributed by atoms with Crippen LogP contribution in [0.15, 0.2) is 18.2 Å². The first-order valence-electron chi connectivity index (χ1n) is 10.8. The number of benzene rings is 1. The second-order valence-corrected chi connectivity index (χ2v) is 8.91. The summed E-state index contributed by atoms with van der Waals surface area (Å²) in [4.78, 5) is 24.5. The van der Waals surface area contributed by atoms with Gasteiger partial charge in [0.25, 0.3) is 0 Å². The monoisotopic (exact) mass is 474 g/mol. The molecule has 186 valence electrons. The van der Waals surface area contributed by atoms with Gasteiger partial charge in [-0.3, -0.25) is 9.69 Å². The number of carboxylic acid groups (broad SMARTS) is 1. The fraction of sp³-hybridized carbons (Fsp3) is 0.652. The van der Waals surface area contributed by atoms with Crippen molar-refractivity contribution in [1.82, 2.24) is 9.80 Å². The Hall–Kier alpha value is -2.17. The predicted octanol–water partition coefficient (Wildman–Crippen LogP) is 3.02. The Balaban J connectivity index is 0.000000479. The largest absolute Gasteiger partial charge is 0.490 e. The fourth-order valence-electron chi connectivity index (χ4n) is 4.09. The van der Waals surface area contributed by atoms with Crippen molar-refractivity contribution in [2.24, 2.45) is 5.92 Å². The quantitative estimate of drug-likeness (QED) is 0.612. The lowest BCUT2D eigenvalue weighted by Gasteiger charge is -2.50. The third-order valence-corrected chi connectivity index (χ3v) is 6.06. The van der Waals surface area contributed by atoms with Crippen molar-refractivity contribution >= 4 is 11.9 Å². The van der Waals surface area contributed by atoms with Crippen LogP contribution in [-0.2, 0) is 25.6 Å². The van der Waals surface area contributed by atoms with Crippen LogP contribution < -0.4 is 0 Å². The molecule has 2 saturated heterocycles. The van der Waals surface area contributed by atoms with Crippen molar-refractivity contribution in [2.75, 3.05) is 47.0 Å². The van der Waals surface area contributed by atoms with Crippen LogP contribution in [0.1, 0.15) is 29.5 Å². The van der Waals surface area contributed by atoms with Gasteiger partial charge in [0, 0.05) is 46.9 Å². The first kappa shape index (κ1) is 27.1. The average molecular weight is 475 g/mol. The molecule has 1 amide bonds. The molecule has 2 fully saturated rings. The summed E-state index contributed by atoms with van der Waals surface area (Å²) in [7, 11) is 3.51. The summed E-state index contributed by atoms with van der Waals surface area (Å²) >= 11 is 0. The Morgan fingerprint density at radius 3 is 2.48 bits per heavy atom. The average Bonchev–Trinajstić information content (AvgIpc) is 3.11. The zero-order valence-corrected chi connectivity index (χ0v) is 19.6. The minimum atomic E-state index is -5.08. The van der Waals surface area contributed by atoms with Gasteiger partial charge >= 0.3 is 12.1 Å². The number of aliphatic carboxylic acids is 1. The van der Waals surface area contributed by atoms with Crippen LogP contribution in [0.4, 0.5) is 13.2 Å². The molecule has 2 heterocycles. The summed E-state index contributed by atoms with van der Waals surface area (Å²) in [5, 5.41) is 7.12. The minimum absolute atomic E-state index is 0.00659. The molecule has 2 aliphatic rings. The van der Waals surface area contributed by atoms with Crippen LogP contribution in [0.25, 0.3) is 0 Å². The van der Waals surface area contributed by atoms with Crippen LogP contribution >= 0.6 is 0 Å². The summed E-state index contributed by atoms with van der Waals surface area (Å²) < 4.78 is 43.5. The molecule has 2 aliphatic heterocycles. The number of nitrogens with zero attached hydrogens (tertiary/aromatic N) is 2. The number of likely N-dealkylation sites (N-methyl/N-ethyl adjacent to an activating group) is 1. The molecule has 0 radical (unpaired) electrons. The summed E-state index contributed by atoms with van der Waals surface area (Å²) in [6, 6.07) is 6.68. The zero-order chi connectivity index (χ0) is 24.8. The molecule has 3 rings (SSSR count). The van der Waals surface area contributed by atoms with Gasteiger partial charge in [0.05, 0.1) is 5.60 Å². The maximum absolute atomic E-state index is 11.6. The Morgan fingerprint density at radius 2 is 1.91 bits per heavy atom. The molecular formula is C23H33F3N2O5. The van der Waals surface area contributed by atoms with E-state index in [1.165, 1.54) is 16.7 Å². The number of alkyl halides is 3. The number of carboxylic acids is 1. The molecular weight excluding hydrogens is 441 g/mol. The fourth-order valence-corrected chi connectivity index (χ4v) is 4.09. The van der Waals surface area contributed by atoms with Gasteiger partial charge in [-0.2, -0.15) is 13.2 Å². The van der Waals surface area contributed by atoms with Crippen LogP contribution in [0.3, 0.4) is 0 Å². The highest BCUT2D eigenvalue weighted by Crippen LogP contribution is 2.42. The second-order valence-electron chi connectivity index (χ2n) is 8.91. The first-order valence-corrected chi connectivity index (χ1v) is 10.8. The van der Waals surface area contributed by atoms with E-state index in [2.05, 4.69) is 36.9 Å². The zero-order valence-electron chi connectivity index (χ0n) is 19.6. The molecule has 1 spiro atoms. The maximum atomic E-state index is 11.6. The standard InChI is InChI=1S/C21H32N2O3.C2HF3O2/c1-16-5-6-17(2)18(11-16)12-23-14-21(15-23)19(8-10-26-21)7-9-25-13-20(24)22(3)4;3-2(4,5)1(6)7/h5-6,11,19H,7-10,12-15H2,1-4H3;(H,6,7). The number of rotatable bonds is 7. The van der Waals surface area contributed by atoms with Gasteiger partial charge in [-0.1, -0.05) is 23.8 Å². The third-order valence-electron chi connectivity index (χ3n) is 6.06. The molecule has 0 aromatic heterocycles. The summed E-state index contributed by atoms with van der Waals surface area (Å²) in [5.41, 5.74) is 4.10. The van der Waals surface area contributed by atoms with Gasteiger partial charge in [0.15, 0.2) is 0 Å². The van der Waals surface area contributed by atoms with Gasteiger partial charge in [-0.15, -0.1) is 0 Å². The van der Waals surface area contributed by atoms with Gasteiger partial charge in [0.2, 0.25) is 5.91 Å².